The van der Waals surface area contributed by atoms with E-state index < -0.39 is 0 Å². The van der Waals surface area contributed by atoms with Gasteiger partial charge in [0, 0.05) is 28.0 Å². The quantitative estimate of drug-likeness (QED) is 0.175. The maximum absolute atomic E-state index is 6.47. The molecular formula is C45H30N2O. The lowest BCUT2D eigenvalue weighted by molar-refractivity contribution is 0.623. The first-order valence-corrected chi connectivity index (χ1v) is 16.2. The van der Waals surface area contributed by atoms with E-state index in [1.165, 1.54) is 22.3 Å². The third-order valence-corrected chi connectivity index (χ3v) is 9.08. The monoisotopic (exact) mass is 614 g/mol. The molecule has 0 saturated carbocycles. The van der Waals surface area contributed by atoms with Crippen LogP contribution < -0.4 is 4.90 Å². The third-order valence-electron chi connectivity index (χ3n) is 9.08. The topological polar surface area (TPSA) is 29.3 Å². The highest BCUT2D eigenvalue weighted by Crippen LogP contribution is 2.40. The van der Waals surface area contributed by atoms with Gasteiger partial charge in [-0.15, -0.1) is 0 Å². The van der Waals surface area contributed by atoms with Gasteiger partial charge < -0.3 is 9.32 Å². The Kier molecular flexibility index (Phi) is 6.80. The third kappa shape index (κ3) is 4.99. The minimum atomic E-state index is 0.635. The second-order valence-electron chi connectivity index (χ2n) is 12.0. The van der Waals surface area contributed by atoms with Crippen LogP contribution in [0.4, 0.5) is 17.1 Å². The van der Waals surface area contributed by atoms with Gasteiger partial charge in [0.15, 0.2) is 5.58 Å². The van der Waals surface area contributed by atoms with Crippen LogP contribution in [0.5, 0.6) is 0 Å². The zero-order chi connectivity index (χ0) is 31.9. The first kappa shape index (κ1) is 27.8. The largest absolute Gasteiger partial charge is 0.435 e. The van der Waals surface area contributed by atoms with Crippen molar-refractivity contribution in [2.75, 3.05) is 4.90 Å². The van der Waals surface area contributed by atoms with Crippen LogP contribution in [0.3, 0.4) is 0 Å². The number of benzene rings is 8. The van der Waals surface area contributed by atoms with E-state index in [-0.39, 0.29) is 0 Å². The molecule has 1 heterocycles. The summed E-state index contributed by atoms with van der Waals surface area (Å²) in [6, 6.07) is 64.1. The highest BCUT2D eigenvalue weighted by atomic mass is 16.3. The van der Waals surface area contributed by atoms with Crippen LogP contribution in [-0.4, -0.2) is 4.98 Å². The lowest BCUT2D eigenvalue weighted by Gasteiger charge is -2.26. The van der Waals surface area contributed by atoms with Gasteiger partial charge in [0.2, 0.25) is 5.89 Å². The Balaban J connectivity index is 1.18. The molecule has 8 aromatic carbocycles. The van der Waals surface area contributed by atoms with Crippen LogP contribution in [-0.2, 0) is 0 Å². The summed E-state index contributed by atoms with van der Waals surface area (Å²) in [5.41, 5.74) is 10.7. The Morgan fingerprint density at radius 1 is 0.396 bits per heavy atom. The van der Waals surface area contributed by atoms with Gasteiger partial charge in [-0.2, -0.15) is 0 Å². The van der Waals surface area contributed by atoms with Crippen molar-refractivity contribution in [3.05, 3.63) is 182 Å². The smallest absolute Gasteiger partial charge is 0.227 e. The number of anilines is 3. The normalized spacial score (nSPS) is 11.3. The molecule has 0 aliphatic rings. The maximum atomic E-state index is 6.47. The lowest BCUT2D eigenvalue weighted by atomic mass is 9.99. The van der Waals surface area contributed by atoms with Crippen LogP contribution in [0.25, 0.3) is 66.4 Å². The Bertz CT molecular complexity index is 2440. The molecule has 9 rings (SSSR count). The van der Waals surface area contributed by atoms with Gasteiger partial charge in [0.05, 0.1) is 0 Å². The van der Waals surface area contributed by atoms with Gasteiger partial charge in [-0.1, -0.05) is 127 Å². The summed E-state index contributed by atoms with van der Waals surface area (Å²) >= 11 is 0. The number of aromatic nitrogens is 1. The van der Waals surface area contributed by atoms with Gasteiger partial charge >= 0.3 is 0 Å². The van der Waals surface area contributed by atoms with E-state index in [0.29, 0.717) is 5.89 Å². The molecule has 226 valence electrons. The van der Waals surface area contributed by atoms with E-state index in [1.807, 2.05) is 36.4 Å². The highest BCUT2D eigenvalue weighted by molar-refractivity contribution is 6.18. The standard InChI is InChI=1S/C45H30N2O/c1-4-10-31(11-5-1)33-18-23-38(24-19-33)47(39-25-20-34(21-26-39)32-12-6-2-7-13-32)40-27-28-41-37(30-40)17-16-35-22-29-42-44(43(35)41)48-45(46-42)36-14-8-3-9-15-36/h1-30H. The molecule has 0 aliphatic carbocycles. The number of hydrogen-bond acceptors (Lipinski definition) is 3. The summed E-state index contributed by atoms with van der Waals surface area (Å²) in [6.45, 7) is 0. The summed E-state index contributed by atoms with van der Waals surface area (Å²) < 4.78 is 6.47. The first-order chi connectivity index (χ1) is 23.8. The van der Waals surface area contributed by atoms with E-state index in [2.05, 4.69) is 150 Å². The molecule has 0 atom stereocenters. The molecule has 0 radical (unpaired) electrons. The molecule has 0 N–H and O–H groups in total. The van der Waals surface area contributed by atoms with Gasteiger partial charge in [-0.3, -0.25) is 0 Å². The number of hydrogen-bond donors (Lipinski definition) is 0. The Morgan fingerprint density at radius 3 is 1.46 bits per heavy atom. The van der Waals surface area contributed by atoms with Crippen LogP contribution >= 0.6 is 0 Å². The number of fused-ring (bicyclic) bond motifs is 5. The van der Waals surface area contributed by atoms with E-state index in [4.69, 9.17) is 9.40 Å². The Morgan fingerprint density at radius 2 is 0.875 bits per heavy atom. The van der Waals surface area contributed by atoms with Crippen LogP contribution in [0.2, 0.25) is 0 Å². The van der Waals surface area contributed by atoms with Gasteiger partial charge in [0.1, 0.15) is 5.52 Å². The van der Waals surface area contributed by atoms with Crippen molar-refractivity contribution in [3.63, 3.8) is 0 Å². The minimum absolute atomic E-state index is 0.635. The molecule has 9 aromatic rings. The molecule has 0 saturated heterocycles. The zero-order valence-corrected chi connectivity index (χ0v) is 26.1. The lowest BCUT2D eigenvalue weighted by Crippen LogP contribution is -2.09. The van der Waals surface area contributed by atoms with Crippen molar-refractivity contribution in [2.24, 2.45) is 0 Å². The molecule has 48 heavy (non-hydrogen) atoms. The summed E-state index contributed by atoms with van der Waals surface area (Å²) in [6.07, 6.45) is 0. The molecule has 3 heteroatoms. The average molecular weight is 615 g/mol. The highest BCUT2D eigenvalue weighted by Gasteiger charge is 2.17. The van der Waals surface area contributed by atoms with E-state index in [9.17, 15) is 0 Å². The molecular weight excluding hydrogens is 585 g/mol. The summed E-state index contributed by atoms with van der Waals surface area (Å²) in [5, 5.41) is 4.48. The van der Waals surface area contributed by atoms with Gasteiger partial charge in [-0.25, -0.2) is 4.98 Å². The second-order valence-corrected chi connectivity index (χ2v) is 12.0. The van der Waals surface area contributed by atoms with Crippen molar-refractivity contribution in [1.82, 2.24) is 4.98 Å². The molecule has 0 amide bonds. The summed E-state index contributed by atoms with van der Waals surface area (Å²) in [7, 11) is 0. The molecule has 0 fully saturated rings. The van der Waals surface area contributed by atoms with Crippen LogP contribution in [0.1, 0.15) is 0 Å². The second kappa shape index (κ2) is 11.7. The molecule has 3 nitrogen and oxygen atoms in total. The zero-order valence-electron chi connectivity index (χ0n) is 26.1. The van der Waals surface area contributed by atoms with Crippen LogP contribution in [0.15, 0.2) is 186 Å². The van der Waals surface area contributed by atoms with Crippen molar-refractivity contribution < 1.29 is 4.42 Å². The fraction of sp³-hybridized carbons (Fsp3) is 0. The molecule has 0 aliphatic heterocycles. The van der Waals surface area contributed by atoms with E-state index in [0.717, 1.165) is 55.3 Å². The predicted octanol–water partition coefficient (Wildman–Crippen LogP) is 12.6. The van der Waals surface area contributed by atoms with E-state index in [1.54, 1.807) is 0 Å². The summed E-state index contributed by atoms with van der Waals surface area (Å²) in [4.78, 5) is 7.18. The predicted molar refractivity (Wildman–Crippen MR) is 200 cm³/mol. The van der Waals surface area contributed by atoms with Crippen molar-refractivity contribution in [2.45, 2.75) is 0 Å². The minimum Gasteiger partial charge on any atom is -0.435 e. The number of nitrogens with zero attached hydrogens (tertiary/aromatic N) is 2. The average Bonchev–Trinajstić information content (AvgIpc) is 3.61. The van der Waals surface area contributed by atoms with E-state index >= 15 is 0 Å². The Labute approximate surface area is 279 Å². The van der Waals surface area contributed by atoms with Crippen LogP contribution in [0, 0.1) is 0 Å². The molecule has 1 aromatic heterocycles. The fourth-order valence-electron chi connectivity index (χ4n) is 6.68. The van der Waals surface area contributed by atoms with Gasteiger partial charge in [-0.05, 0) is 93.0 Å². The first-order valence-electron chi connectivity index (χ1n) is 16.2. The van der Waals surface area contributed by atoms with Gasteiger partial charge in [0.25, 0.3) is 0 Å². The fourth-order valence-corrected chi connectivity index (χ4v) is 6.68. The van der Waals surface area contributed by atoms with Crippen molar-refractivity contribution >= 4 is 49.7 Å². The number of rotatable bonds is 6. The SMILES string of the molecule is c1ccc(-c2ccc(N(c3ccc(-c4ccccc4)cc3)c3ccc4c(ccc5ccc6nc(-c7ccccc7)oc6c54)c3)cc2)cc1. The summed E-state index contributed by atoms with van der Waals surface area (Å²) in [5.74, 6) is 0.635. The Hall–Kier alpha value is -6.45. The molecule has 0 spiro atoms. The number of oxazole rings is 1. The maximum Gasteiger partial charge on any atom is 0.227 e. The van der Waals surface area contributed by atoms with Crippen molar-refractivity contribution in [3.8, 4) is 33.7 Å². The molecule has 0 unspecified atom stereocenters. The molecule has 0 bridgehead atoms. The van der Waals surface area contributed by atoms with Crippen molar-refractivity contribution in [1.29, 1.82) is 0 Å².